The van der Waals surface area contributed by atoms with Crippen LogP contribution in [0.4, 0.5) is 5.69 Å². The van der Waals surface area contributed by atoms with E-state index in [4.69, 9.17) is 10.5 Å². The van der Waals surface area contributed by atoms with Gasteiger partial charge in [-0.05, 0) is 31.0 Å². The van der Waals surface area contributed by atoms with Crippen molar-refractivity contribution in [3.05, 3.63) is 29.3 Å². The van der Waals surface area contributed by atoms with Gasteiger partial charge in [-0.1, -0.05) is 12.1 Å². The maximum atomic E-state index is 12.2. The zero-order chi connectivity index (χ0) is 13.5. The number of rotatable bonds is 3. The van der Waals surface area contributed by atoms with E-state index in [-0.39, 0.29) is 11.9 Å². The molecule has 0 radical (unpaired) electrons. The summed E-state index contributed by atoms with van der Waals surface area (Å²) in [7, 11) is 3.44. The van der Waals surface area contributed by atoms with Crippen LogP contribution in [0.3, 0.4) is 0 Å². The van der Waals surface area contributed by atoms with Crippen LogP contribution < -0.4 is 10.6 Å². The fourth-order valence-electron chi connectivity index (χ4n) is 2.50. The van der Waals surface area contributed by atoms with Crippen molar-refractivity contribution < 1.29 is 9.53 Å². The van der Waals surface area contributed by atoms with Crippen molar-refractivity contribution in [3.8, 4) is 0 Å². The van der Waals surface area contributed by atoms with Gasteiger partial charge in [0.05, 0.1) is 18.1 Å². The average Bonchev–Trinajstić information content (AvgIpc) is 2.51. The van der Waals surface area contributed by atoms with E-state index in [2.05, 4.69) is 0 Å². The van der Waals surface area contributed by atoms with E-state index in [1.165, 1.54) is 0 Å². The Labute approximate surface area is 108 Å². The summed E-state index contributed by atoms with van der Waals surface area (Å²) in [5.41, 5.74) is 8.57. The van der Waals surface area contributed by atoms with Crippen LogP contribution >= 0.6 is 0 Å². The molecule has 0 bridgehead atoms. The van der Waals surface area contributed by atoms with Gasteiger partial charge in [-0.2, -0.15) is 0 Å². The molecule has 1 heterocycles. The van der Waals surface area contributed by atoms with Crippen molar-refractivity contribution in [1.82, 2.24) is 0 Å². The van der Waals surface area contributed by atoms with Gasteiger partial charge in [0.25, 0.3) is 0 Å². The van der Waals surface area contributed by atoms with Crippen LogP contribution in [0.2, 0.25) is 0 Å². The first-order chi connectivity index (χ1) is 8.39. The summed E-state index contributed by atoms with van der Waals surface area (Å²) in [5.74, 6) is 0.120. The molecule has 4 nitrogen and oxygen atoms in total. The number of nitrogens with two attached hydrogens (primary N) is 1. The Kier molecular flexibility index (Phi) is 3.17. The number of benzene rings is 1. The highest BCUT2D eigenvalue weighted by molar-refractivity contribution is 6.07. The summed E-state index contributed by atoms with van der Waals surface area (Å²) in [6.45, 7) is 4.37. The van der Waals surface area contributed by atoms with E-state index in [9.17, 15) is 4.79 Å². The predicted molar refractivity (Wildman–Crippen MR) is 71.7 cm³/mol. The Balaban J connectivity index is 2.45. The molecule has 1 aromatic carbocycles. The number of likely N-dealkylation sites (N-methyl/N-ethyl adjacent to an activating group) is 1. The normalized spacial score (nSPS) is 18.9. The van der Waals surface area contributed by atoms with E-state index in [0.29, 0.717) is 6.61 Å². The van der Waals surface area contributed by atoms with Crippen LogP contribution in [0, 0.1) is 0 Å². The van der Waals surface area contributed by atoms with Crippen molar-refractivity contribution in [2.24, 2.45) is 5.73 Å². The zero-order valence-electron chi connectivity index (χ0n) is 11.4. The molecule has 0 saturated heterocycles. The van der Waals surface area contributed by atoms with Crippen molar-refractivity contribution in [3.63, 3.8) is 0 Å². The van der Waals surface area contributed by atoms with Gasteiger partial charge in [0, 0.05) is 19.8 Å². The molecule has 2 rings (SSSR count). The third-order valence-electron chi connectivity index (χ3n) is 3.67. The Hall–Kier alpha value is -1.39. The van der Waals surface area contributed by atoms with Gasteiger partial charge in [0.15, 0.2) is 0 Å². The van der Waals surface area contributed by atoms with Gasteiger partial charge >= 0.3 is 0 Å². The highest BCUT2D eigenvalue weighted by Gasteiger charge is 2.42. The number of hydrogen-bond acceptors (Lipinski definition) is 3. The minimum Gasteiger partial charge on any atom is -0.383 e. The molecular formula is C14H20N2O2. The molecule has 98 valence electrons. The van der Waals surface area contributed by atoms with E-state index >= 15 is 0 Å². The Bertz CT molecular complexity index is 483. The molecule has 0 aliphatic carbocycles. The molecule has 2 N–H and O–H groups in total. The number of anilines is 1. The molecule has 4 heteroatoms. The average molecular weight is 248 g/mol. The molecule has 1 unspecified atom stereocenters. The molecule has 0 saturated carbocycles. The molecule has 1 atom stereocenters. The lowest BCUT2D eigenvalue weighted by Crippen LogP contribution is -2.33. The highest BCUT2D eigenvalue weighted by atomic mass is 16.5. The maximum Gasteiger partial charge on any atom is 0.236 e. The number of methoxy groups -OCH3 is 1. The zero-order valence-corrected chi connectivity index (χ0v) is 11.4. The lowest BCUT2D eigenvalue weighted by atomic mass is 9.85. The quantitative estimate of drug-likeness (QED) is 0.883. The first-order valence-electron chi connectivity index (χ1n) is 6.06. The van der Waals surface area contributed by atoms with Crippen LogP contribution in [-0.2, 0) is 14.9 Å². The van der Waals surface area contributed by atoms with Crippen LogP contribution in [0.25, 0.3) is 0 Å². The SMILES string of the molecule is COCC(N)c1ccc2c(c1)C(C)(C)C(=O)N2C. The Morgan fingerprint density at radius 1 is 1.44 bits per heavy atom. The Morgan fingerprint density at radius 2 is 2.11 bits per heavy atom. The monoisotopic (exact) mass is 248 g/mol. The first kappa shape index (κ1) is 13.1. The van der Waals surface area contributed by atoms with Crippen LogP contribution in [0.15, 0.2) is 18.2 Å². The summed E-state index contributed by atoms with van der Waals surface area (Å²) >= 11 is 0. The highest BCUT2D eigenvalue weighted by Crippen LogP contribution is 2.41. The third kappa shape index (κ3) is 1.82. The molecular weight excluding hydrogens is 228 g/mol. The topological polar surface area (TPSA) is 55.6 Å². The third-order valence-corrected chi connectivity index (χ3v) is 3.67. The van der Waals surface area contributed by atoms with Gasteiger partial charge in [-0.15, -0.1) is 0 Å². The lowest BCUT2D eigenvalue weighted by molar-refractivity contribution is -0.121. The van der Waals surface area contributed by atoms with E-state index in [1.807, 2.05) is 39.1 Å². The molecule has 1 aromatic rings. The molecule has 0 aromatic heterocycles. The van der Waals surface area contributed by atoms with Crippen molar-refractivity contribution in [2.45, 2.75) is 25.3 Å². The standard InChI is InChI=1S/C14H20N2O2/c1-14(2)10-7-9(11(15)8-18-4)5-6-12(10)16(3)13(14)17/h5-7,11H,8,15H2,1-4H3. The molecule has 1 aliphatic heterocycles. The van der Waals surface area contributed by atoms with Crippen LogP contribution in [0.1, 0.15) is 31.0 Å². The predicted octanol–water partition coefficient (Wildman–Crippen LogP) is 1.59. The van der Waals surface area contributed by atoms with Gasteiger partial charge in [0.2, 0.25) is 5.91 Å². The van der Waals surface area contributed by atoms with E-state index in [1.54, 1.807) is 12.0 Å². The molecule has 0 spiro atoms. The van der Waals surface area contributed by atoms with E-state index < -0.39 is 5.41 Å². The molecule has 18 heavy (non-hydrogen) atoms. The summed E-state index contributed by atoms with van der Waals surface area (Å²) in [6, 6.07) is 5.80. The van der Waals surface area contributed by atoms with Crippen LogP contribution in [-0.4, -0.2) is 26.7 Å². The maximum absolute atomic E-state index is 12.2. The largest absolute Gasteiger partial charge is 0.383 e. The smallest absolute Gasteiger partial charge is 0.236 e. The number of fused-ring (bicyclic) bond motifs is 1. The molecule has 1 aliphatic rings. The summed E-state index contributed by atoms with van der Waals surface area (Å²) in [6.07, 6.45) is 0. The Morgan fingerprint density at radius 3 is 2.72 bits per heavy atom. The van der Waals surface area contributed by atoms with Crippen molar-refractivity contribution >= 4 is 11.6 Å². The number of nitrogens with zero attached hydrogens (tertiary/aromatic N) is 1. The first-order valence-corrected chi connectivity index (χ1v) is 6.06. The number of carbonyl (C=O) groups is 1. The fourth-order valence-corrected chi connectivity index (χ4v) is 2.50. The minimum absolute atomic E-state index is 0.120. The van der Waals surface area contributed by atoms with Crippen molar-refractivity contribution in [1.29, 1.82) is 0 Å². The van der Waals surface area contributed by atoms with Gasteiger partial charge in [-0.25, -0.2) is 0 Å². The van der Waals surface area contributed by atoms with Gasteiger partial charge in [0.1, 0.15) is 0 Å². The summed E-state index contributed by atoms with van der Waals surface area (Å²) in [5, 5.41) is 0. The van der Waals surface area contributed by atoms with Crippen LogP contribution in [0.5, 0.6) is 0 Å². The minimum atomic E-state index is -0.479. The number of hydrogen-bond donors (Lipinski definition) is 1. The summed E-state index contributed by atoms with van der Waals surface area (Å²) in [4.78, 5) is 13.9. The second kappa shape index (κ2) is 4.37. The molecule has 0 fully saturated rings. The number of amides is 1. The molecule has 1 amide bonds. The number of ether oxygens (including phenoxy) is 1. The second-order valence-electron chi connectivity index (χ2n) is 5.33. The van der Waals surface area contributed by atoms with E-state index in [0.717, 1.165) is 16.8 Å². The lowest BCUT2D eigenvalue weighted by Gasteiger charge is -2.18. The van der Waals surface area contributed by atoms with Crippen molar-refractivity contribution in [2.75, 3.05) is 25.7 Å². The number of carbonyl (C=O) groups excluding carboxylic acids is 1. The summed E-state index contributed by atoms with van der Waals surface area (Å²) < 4.78 is 5.07. The van der Waals surface area contributed by atoms with Gasteiger partial charge < -0.3 is 15.4 Å². The fraction of sp³-hybridized carbons (Fsp3) is 0.500. The van der Waals surface area contributed by atoms with Gasteiger partial charge in [-0.3, -0.25) is 4.79 Å². The second-order valence-corrected chi connectivity index (χ2v) is 5.33.